The number of piperazine rings is 1. The Hall–Kier alpha value is -2.08. The quantitative estimate of drug-likeness (QED) is 0.407. The van der Waals surface area contributed by atoms with Crippen molar-refractivity contribution >= 4 is 17.6 Å². The molecule has 4 N–H and O–H groups in total. The van der Waals surface area contributed by atoms with Crippen LogP contribution in [0.15, 0.2) is 18.2 Å². The van der Waals surface area contributed by atoms with Crippen LogP contribution >= 0.6 is 0 Å². The molecule has 6 heteroatoms. The minimum absolute atomic E-state index is 0.00794. The first-order chi connectivity index (χ1) is 9.47. The fourth-order valence-electron chi connectivity index (χ4n) is 2.17. The Labute approximate surface area is 119 Å². The van der Waals surface area contributed by atoms with Crippen molar-refractivity contribution < 1.29 is 4.74 Å². The maximum atomic E-state index is 7.99. The number of nitrogen functional groups attached to an aromatic ring is 1. The number of nitrogens with one attached hydrogen (secondary N) is 2. The first kappa shape index (κ1) is 14.3. The number of hydrogen-bond acceptors (Lipinski definition) is 5. The predicted molar refractivity (Wildman–Crippen MR) is 80.3 cm³/mol. The first-order valence-corrected chi connectivity index (χ1v) is 6.62. The number of likely N-dealkylation sites (N-methyl/N-ethyl adjacent to an activating group) is 1. The Morgan fingerprint density at radius 3 is 2.45 bits per heavy atom. The van der Waals surface area contributed by atoms with Crippen LogP contribution in [0.3, 0.4) is 0 Å². The molecule has 1 heterocycles. The summed E-state index contributed by atoms with van der Waals surface area (Å²) in [5, 5.41) is 15.9. The number of benzene rings is 1. The summed E-state index contributed by atoms with van der Waals surface area (Å²) in [6.07, 6.45) is 0. The van der Waals surface area contributed by atoms with Crippen molar-refractivity contribution in [3.05, 3.63) is 29.3 Å². The average Bonchev–Trinajstić information content (AvgIpc) is 2.39. The molecule has 6 nitrogen and oxygen atoms in total. The number of nitrogens with two attached hydrogens (primary N) is 1. The molecule has 0 saturated carbocycles. The molecule has 0 spiro atoms. The van der Waals surface area contributed by atoms with Crippen molar-refractivity contribution in [1.29, 1.82) is 10.8 Å². The van der Waals surface area contributed by atoms with E-state index in [2.05, 4.69) is 11.9 Å². The normalized spacial score (nSPS) is 16.0. The zero-order valence-corrected chi connectivity index (χ0v) is 11.9. The van der Waals surface area contributed by atoms with Gasteiger partial charge in [-0.1, -0.05) is 0 Å². The third-order valence-corrected chi connectivity index (χ3v) is 3.48. The summed E-state index contributed by atoms with van der Waals surface area (Å²) in [4.78, 5) is 4.06. The van der Waals surface area contributed by atoms with E-state index in [0.29, 0.717) is 11.3 Å². The molecule has 1 aliphatic rings. The Morgan fingerprint density at radius 1 is 1.20 bits per heavy atom. The Morgan fingerprint density at radius 2 is 1.85 bits per heavy atom. The number of aryl methyl sites for hydroxylation is 1. The van der Waals surface area contributed by atoms with Crippen LogP contribution in [-0.4, -0.2) is 54.9 Å². The van der Waals surface area contributed by atoms with Crippen molar-refractivity contribution in [2.45, 2.75) is 6.92 Å². The molecule has 1 aromatic carbocycles. The van der Waals surface area contributed by atoms with Crippen molar-refractivity contribution in [2.75, 3.05) is 39.0 Å². The third kappa shape index (κ3) is 3.27. The molecule has 0 aromatic heterocycles. The fourth-order valence-corrected chi connectivity index (χ4v) is 2.17. The summed E-state index contributed by atoms with van der Waals surface area (Å²) in [5.41, 5.74) is 7.89. The van der Waals surface area contributed by atoms with Gasteiger partial charge >= 0.3 is 0 Å². The number of hydrogen-bond donors (Lipinski definition) is 3. The molecule has 1 aromatic rings. The smallest absolute Gasteiger partial charge is 0.291 e. The summed E-state index contributed by atoms with van der Waals surface area (Å²) in [6.45, 7) is 5.19. The number of anilines is 1. The molecule has 20 heavy (non-hydrogen) atoms. The van der Waals surface area contributed by atoms with E-state index >= 15 is 0 Å². The second-order valence-corrected chi connectivity index (χ2v) is 5.10. The minimum atomic E-state index is -0.00794. The van der Waals surface area contributed by atoms with Gasteiger partial charge in [-0.15, -0.1) is 0 Å². The lowest BCUT2D eigenvalue weighted by molar-refractivity contribution is 0.194. The predicted octanol–water partition coefficient (Wildman–Crippen LogP) is 1.10. The monoisotopic (exact) mass is 275 g/mol. The highest BCUT2D eigenvalue weighted by Crippen LogP contribution is 2.14. The van der Waals surface area contributed by atoms with Gasteiger partial charge in [0.1, 0.15) is 0 Å². The molecule has 0 bridgehead atoms. The second-order valence-electron chi connectivity index (χ2n) is 5.10. The summed E-state index contributed by atoms with van der Waals surface area (Å²) in [7, 11) is 2.06. The van der Waals surface area contributed by atoms with Crippen molar-refractivity contribution in [2.24, 2.45) is 0 Å². The number of ether oxygens (including phenoxy) is 1. The standard InChI is InChI=1S/C14H21N5O/c1-10-9-11(15)3-4-12(10)13(16)20-14(17)19-7-5-18(2)6-8-19/h3-4,9,16-17H,5-8,15H2,1-2H3. The van der Waals surface area contributed by atoms with Crippen LogP contribution in [0.4, 0.5) is 5.69 Å². The highest BCUT2D eigenvalue weighted by atomic mass is 16.5. The molecular formula is C14H21N5O. The first-order valence-electron chi connectivity index (χ1n) is 6.62. The minimum Gasteiger partial charge on any atom is -0.407 e. The number of amidine groups is 1. The summed E-state index contributed by atoms with van der Waals surface area (Å²) in [5.74, 6) is -0.00794. The molecule has 0 radical (unpaired) electrons. The maximum absolute atomic E-state index is 7.99. The molecule has 0 amide bonds. The summed E-state index contributed by atoms with van der Waals surface area (Å²) < 4.78 is 5.37. The van der Waals surface area contributed by atoms with Gasteiger partial charge in [0.15, 0.2) is 0 Å². The van der Waals surface area contributed by atoms with Gasteiger partial charge in [-0.2, -0.15) is 0 Å². The van der Waals surface area contributed by atoms with Crippen LogP contribution in [0, 0.1) is 17.7 Å². The van der Waals surface area contributed by atoms with Crippen LogP contribution in [0.5, 0.6) is 0 Å². The SMILES string of the molecule is Cc1cc(N)ccc1C(=N)OC(=N)N1CCN(C)CC1. The number of nitrogens with zero attached hydrogens (tertiary/aromatic N) is 2. The third-order valence-electron chi connectivity index (χ3n) is 3.48. The van der Waals surface area contributed by atoms with Crippen LogP contribution in [0.1, 0.15) is 11.1 Å². The lowest BCUT2D eigenvalue weighted by atomic mass is 10.1. The van der Waals surface area contributed by atoms with E-state index < -0.39 is 0 Å². The molecule has 0 aliphatic carbocycles. The van der Waals surface area contributed by atoms with Crippen molar-refractivity contribution in [1.82, 2.24) is 9.80 Å². The van der Waals surface area contributed by atoms with Gasteiger partial charge in [-0.05, 0) is 37.7 Å². The molecule has 1 saturated heterocycles. The average molecular weight is 275 g/mol. The highest BCUT2D eigenvalue weighted by Gasteiger charge is 2.19. The van der Waals surface area contributed by atoms with Gasteiger partial charge in [-0.25, -0.2) is 0 Å². The topological polar surface area (TPSA) is 89.4 Å². The lowest BCUT2D eigenvalue weighted by Gasteiger charge is -2.33. The fraction of sp³-hybridized carbons (Fsp3) is 0.429. The van der Waals surface area contributed by atoms with Crippen LogP contribution in [0.2, 0.25) is 0 Å². The molecular weight excluding hydrogens is 254 g/mol. The molecule has 108 valence electrons. The Balaban J connectivity index is 1.99. The van der Waals surface area contributed by atoms with E-state index in [4.69, 9.17) is 21.3 Å². The van der Waals surface area contributed by atoms with Gasteiger partial charge in [0, 0.05) is 37.4 Å². The number of rotatable bonds is 1. The van der Waals surface area contributed by atoms with Gasteiger partial charge in [-0.3, -0.25) is 10.8 Å². The largest absolute Gasteiger partial charge is 0.407 e. The van der Waals surface area contributed by atoms with E-state index in [0.717, 1.165) is 31.7 Å². The van der Waals surface area contributed by atoms with Crippen molar-refractivity contribution in [3.8, 4) is 0 Å². The Bertz CT molecular complexity index is 520. The van der Waals surface area contributed by atoms with E-state index in [-0.39, 0.29) is 11.9 Å². The zero-order valence-electron chi connectivity index (χ0n) is 11.9. The maximum Gasteiger partial charge on any atom is 0.291 e. The van der Waals surface area contributed by atoms with E-state index in [1.807, 2.05) is 11.8 Å². The Kier molecular flexibility index (Phi) is 4.24. The molecule has 1 aliphatic heterocycles. The van der Waals surface area contributed by atoms with Crippen LogP contribution in [-0.2, 0) is 4.74 Å². The van der Waals surface area contributed by atoms with Crippen LogP contribution in [0.25, 0.3) is 0 Å². The van der Waals surface area contributed by atoms with E-state index in [1.54, 1.807) is 18.2 Å². The van der Waals surface area contributed by atoms with E-state index in [1.165, 1.54) is 0 Å². The molecule has 0 atom stereocenters. The van der Waals surface area contributed by atoms with Crippen molar-refractivity contribution in [3.63, 3.8) is 0 Å². The van der Waals surface area contributed by atoms with Gasteiger partial charge in [0.25, 0.3) is 6.02 Å². The lowest BCUT2D eigenvalue weighted by Crippen LogP contribution is -2.48. The summed E-state index contributed by atoms with van der Waals surface area (Å²) in [6, 6.07) is 5.33. The summed E-state index contributed by atoms with van der Waals surface area (Å²) >= 11 is 0. The molecule has 0 unspecified atom stereocenters. The highest BCUT2D eigenvalue weighted by molar-refractivity contribution is 5.99. The second kappa shape index (κ2) is 5.92. The molecule has 2 rings (SSSR count). The zero-order chi connectivity index (χ0) is 14.7. The van der Waals surface area contributed by atoms with Gasteiger partial charge in [0.05, 0.1) is 0 Å². The molecule has 1 fully saturated rings. The van der Waals surface area contributed by atoms with Gasteiger partial charge < -0.3 is 20.3 Å². The van der Waals surface area contributed by atoms with E-state index in [9.17, 15) is 0 Å². The van der Waals surface area contributed by atoms with Gasteiger partial charge in [0.2, 0.25) is 5.90 Å². The van der Waals surface area contributed by atoms with Crippen LogP contribution < -0.4 is 5.73 Å².